The Kier molecular flexibility index (Phi) is 8.28. The maximum absolute atomic E-state index is 12.5. The van der Waals surface area contributed by atoms with Gasteiger partial charge in [-0.05, 0) is 23.7 Å². The van der Waals surface area contributed by atoms with E-state index in [1.807, 2.05) is 30.3 Å². The molecule has 1 aromatic carbocycles. The lowest BCUT2D eigenvalue weighted by atomic mass is 9.77. The molecule has 1 N–H and O–H groups in total. The second-order valence-corrected chi connectivity index (χ2v) is 8.17. The average molecular weight is 427 g/mol. The quantitative estimate of drug-likeness (QED) is 0.312. The fourth-order valence-electron chi connectivity index (χ4n) is 3.94. The van der Waals surface area contributed by atoms with E-state index in [1.54, 1.807) is 12.3 Å². The summed E-state index contributed by atoms with van der Waals surface area (Å²) < 4.78 is 0. The standard InChI is InChI=1S/C23H30N4O2S/c1-2-8-25-23(30)27-13-11-26(12-14-27)10-9-24-17-20-21(28)15-19(16-22(20)29)18-6-4-3-5-7-18/h2-7,17,19-20H,1,8-16H2,(H,25,30). The SMILES string of the molecule is C=CCNC(=S)N1CCN(CCN=CC2C(=O)CC(c3ccccc3)CC2=O)CC1. The summed E-state index contributed by atoms with van der Waals surface area (Å²) in [7, 11) is 0. The Hall–Kier alpha value is -2.38. The number of thiocarbonyl (C=S) groups is 1. The van der Waals surface area contributed by atoms with Crippen molar-refractivity contribution < 1.29 is 9.59 Å². The van der Waals surface area contributed by atoms with Crippen molar-refractivity contribution in [2.24, 2.45) is 10.9 Å². The molecule has 1 aromatic rings. The first kappa shape index (κ1) is 22.3. The van der Waals surface area contributed by atoms with E-state index in [0.717, 1.165) is 43.4 Å². The third-order valence-corrected chi connectivity index (χ3v) is 6.12. The number of hydrogen-bond donors (Lipinski definition) is 1. The molecule has 160 valence electrons. The molecule has 1 aliphatic heterocycles. The number of nitrogens with zero attached hydrogens (tertiary/aromatic N) is 3. The van der Waals surface area contributed by atoms with Crippen molar-refractivity contribution >= 4 is 35.1 Å². The number of hydrogen-bond acceptors (Lipinski definition) is 5. The first-order chi connectivity index (χ1) is 14.6. The minimum atomic E-state index is -0.671. The van der Waals surface area contributed by atoms with Crippen LogP contribution in [-0.2, 0) is 9.59 Å². The summed E-state index contributed by atoms with van der Waals surface area (Å²) in [5.41, 5.74) is 1.06. The van der Waals surface area contributed by atoms with Crippen molar-refractivity contribution in [1.29, 1.82) is 0 Å². The number of carbonyl (C=O) groups excluding carboxylic acids is 2. The Balaban J connectivity index is 1.40. The van der Waals surface area contributed by atoms with Gasteiger partial charge >= 0.3 is 0 Å². The maximum atomic E-state index is 12.5. The molecule has 0 unspecified atom stereocenters. The van der Waals surface area contributed by atoms with Crippen LogP contribution in [0.1, 0.15) is 24.3 Å². The van der Waals surface area contributed by atoms with Gasteiger partial charge in [0.25, 0.3) is 0 Å². The number of piperazine rings is 1. The number of Topliss-reactive ketones (excluding diaryl/α,β-unsaturated/α-hetero) is 2. The zero-order chi connectivity index (χ0) is 21.3. The molecule has 6 nitrogen and oxygen atoms in total. The van der Waals surface area contributed by atoms with Gasteiger partial charge in [0.15, 0.2) is 5.11 Å². The van der Waals surface area contributed by atoms with Gasteiger partial charge in [-0.2, -0.15) is 0 Å². The van der Waals surface area contributed by atoms with Crippen LogP contribution in [-0.4, -0.2) is 78.5 Å². The summed E-state index contributed by atoms with van der Waals surface area (Å²) in [5.74, 6) is -0.703. The van der Waals surface area contributed by atoms with Gasteiger partial charge < -0.3 is 10.2 Å². The topological polar surface area (TPSA) is 65.0 Å². The molecule has 0 amide bonds. The lowest BCUT2D eigenvalue weighted by Crippen LogP contribution is -2.52. The van der Waals surface area contributed by atoms with Gasteiger partial charge in [0.1, 0.15) is 17.5 Å². The van der Waals surface area contributed by atoms with Crippen molar-refractivity contribution in [3.8, 4) is 0 Å². The third kappa shape index (κ3) is 6.06. The highest BCUT2D eigenvalue weighted by molar-refractivity contribution is 7.80. The van der Waals surface area contributed by atoms with Gasteiger partial charge in [0.05, 0.1) is 6.54 Å². The van der Waals surface area contributed by atoms with E-state index in [2.05, 4.69) is 26.7 Å². The highest BCUT2D eigenvalue weighted by atomic mass is 32.1. The summed E-state index contributed by atoms with van der Waals surface area (Å²) in [6, 6.07) is 9.81. The number of ketones is 2. The number of nitrogens with one attached hydrogen (secondary N) is 1. The van der Waals surface area contributed by atoms with Crippen molar-refractivity contribution in [2.75, 3.05) is 45.8 Å². The van der Waals surface area contributed by atoms with E-state index in [-0.39, 0.29) is 17.5 Å². The molecule has 2 aliphatic rings. The highest BCUT2D eigenvalue weighted by Crippen LogP contribution is 2.31. The fourth-order valence-corrected chi connectivity index (χ4v) is 4.21. The van der Waals surface area contributed by atoms with Crippen LogP contribution < -0.4 is 5.32 Å². The van der Waals surface area contributed by atoms with Gasteiger partial charge in [0, 0.05) is 58.3 Å². The summed E-state index contributed by atoms with van der Waals surface area (Å²) in [6.07, 6.45) is 4.20. The predicted octanol–water partition coefficient (Wildman–Crippen LogP) is 2.07. The van der Waals surface area contributed by atoms with Gasteiger partial charge in [-0.15, -0.1) is 6.58 Å². The Bertz CT molecular complexity index is 770. The highest BCUT2D eigenvalue weighted by Gasteiger charge is 2.34. The van der Waals surface area contributed by atoms with Gasteiger partial charge in [-0.3, -0.25) is 19.5 Å². The van der Waals surface area contributed by atoms with E-state index >= 15 is 0 Å². The Morgan fingerprint density at radius 2 is 1.80 bits per heavy atom. The van der Waals surface area contributed by atoms with Crippen molar-refractivity contribution in [1.82, 2.24) is 15.1 Å². The lowest BCUT2D eigenvalue weighted by molar-refractivity contribution is -0.133. The van der Waals surface area contributed by atoms with Crippen LogP contribution >= 0.6 is 12.2 Å². The molecule has 0 aromatic heterocycles. The predicted molar refractivity (Wildman–Crippen MR) is 124 cm³/mol. The van der Waals surface area contributed by atoms with E-state index in [1.165, 1.54) is 0 Å². The summed E-state index contributed by atoms with van der Waals surface area (Å²) in [6.45, 7) is 9.39. The average Bonchev–Trinajstić information content (AvgIpc) is 2.77. The van der Waals surface area contributed by atoms with E-state index < -0.39 is 5.92 Å². The monoisotopic (exact) mass is 426 g/mol. The van der Waals surface area contributed by atoms with Crippen LogP contribution in [0.15, 0.2) is 48.0 Å². The molecule has 0 spiro atoms. The van der Waals surface area contributed by atoms with Crippen LogP contribution in [0.3, 0.4) is 0 Å². The molecule has 1 saturated heterocycles. The first-order valence-electron chi connectivity index (χ1n) is 10.5. The fraction of sp³-hybridized carbons (Fsp3) is 0.478. The molecule has 7 heteroatoms. The largest absolute Gasteiger partial charge is 0.359 e. The van der Waals surface area contributed by atoms with Gasteiger partial charge in [0.2, 0.25) is 0 Å². The lowest BCUT2D eigenvalue weighted by Gasteiger charge is -2.35. The molecule has 1 heterocycles. The smallest absolute Gasteiger partial charge is 0.169 e. The molecular weight excluding hydrogens is 396 g/mol. The van der Waals surface area contributed by atoms with Crippen LogP contribution in [0.2, 0.25) is 0 Å². The molecule has 0 atom stereocenters. The van der Waals surface area contributed by atoms with Crippen molar-refractivity contribution in [2.45, 2.75) is 18.8 Å². The van der Waals surface area contributed by atoms with Crippen molar-refractivity contribution in [3.63, 3.8) is 0 Å². The summed E-state index contributed by atoms with van der Waals surface area (Å²) in [5, 5.41) is 3.93. The van der Waals surface area contributed by atoms with Gasteiger partial charge in [-0.25, -0.2) is 0 Å². The second kappa shape index (κ2) is 11.1. The molecule has 2 fully saturated rings. The Morgan fingerprint density at radius 3 is 2.43 bits per heavy atom. The Labute approximate surface area is 184 Å². The van der Waals surface area contributed by atoms with E-state index in [9.17, 15) is 9.59 Å². The maximum Gasteiger partial charge on any atom is 0.169 e. The first-order valence-corrected chi connectivity index (χ1v) is 11.0. The number of benzene rings is 1. The normalized spacial score (nSPS) is 23.0. The van der Waals surface area contributed by atoms with Crippen LogP contribution in [0.25, 0.3) is 0 Å². The summed E-state index contributed by atoms with van der Waals surface area (Å²) in [4.78, 5) is 33.9. The van der Waals surface area contributed by atoms with E-state index in [4.69, 9.17) is 12.2 Å². The Morgan fingerprint density at radius 1 is 1.13 bits per heavy atom. The number of rotatable bonds is 7. The zero-order valence-corrected chi connectivity index (χ0v) is 18.2. The third-order valence-electron chi connectivity index (χ3n) is 5.72. The van der Waals surface area contributed by atoms with Crippen molar-refractivity contribution in [3.05, 3.63) is 48.6 Å². The van der Waals surface area contributed by atoms with Crippen LogP contribution in [0, 0.1) is 5.92 Å². The van der Waals surface area contributed by atoms with Crippen LogP contribution in [0.5, 0.6) is 0 Å². The molecular formula is C23H30N4O2S. The molecule has 0 bridgehead atoms. The zero-order valence-electron chi connectivity index (χ0n) is 17.3. The molecule has 3 rings (SSSR count). The second-order valence-electron chi connectivity index (χ2n) is 7.78. The molecule has 1 aliphatic carbocycles. The van der Waals surface area contributed by atoms with E-state index in [0.29, 0.717) is 25.9 Å². The van der Waals surface area contributed by atoms with Crippen LogP contribution in [0.4, 0.5) is 0 Å². The minimum absolute atomic E-state index is 0.000747. The number of carbonyl (C=O) groups is 2. The summed E-state index contributed by atoms with van der Waals surface area (Å²) >= 11 is 5.38. The number of aliphatic imine (C=N–C) groups is 1. The molecule has 0 radical (unpaired) electrons. The van der Waals surface area contributed by atoms with Gasteiger partial charge in [-0.1, -0.05) is 36.4 Å². The molecule has 30 heavy (non-hydrogen) atoms. The molecule has 1 saturated carbocycles. The minimum Gasteiger partial charge on any atom is -0.359 e.